The average Bonchev–Trinajstić information content (AvgIpc) is 2.26. The molecule has 0 unspecified atom stereocenters. The van der Waals surface area contributed by atoms with Crippen LogP contribution in [-0.4, -0.2) is 15.0 Å². The molecule has 98 valence electrons. The number of rotatable bonds is 6. The van der Waals surface area contributed by atoms with Crippen LogP contribution in [0.4, 0.5) is 0 Å². The molecule has 0 aliphatic heterocycles. The molecule has 0 atom stereocenters. The van der Waals surface area contributed by atoms with E-state index < -0.39 is 10.1 Å². The van der Waals surface area contributed by atoms with Gasteiger partial charge in [-0.15, -0.1) is 0 Å². The second kappa shape index (κ2) is 7.42. The summed E-state index contributed by atoms with van der Waals surface area (Å²) in [5, 5.41) is 0. The van der Waals surface area contributed by atoms with Gasteiger partial charge in [-0.25, -0.2) is 0 Å². The van der Waals surface area contributed by atoms with E-state index in [0.29, 0.717) is 5.92 Å². The van der Waals surface area contributed by atoms with Gasteiger partial charge >= 0.3 is 0 Å². The van der Waals surface area contributed by atoms with Crippen molar-refractivity contribution < 1.29 is 12.6 Å². The van der Waals surface area contributed by atoms with Gasteiger partial charge in [0.15, 0.2) is 0 Å². The SMILES string of the molecule is CC(C)CCCOS(=O)(=O)c1ccccc1.N. The second-order valence-corrected chi connectivity index (χ2v) is 5.74. The maximum atomic E-state index is 11.7. The number of hydrogen-bond acceptors (Lipinski definition) is 4. The third-order valence-electron chi connectivity index (χ3n) is 2.20. The molecule has 3 N–H and O–H groups in total. The van der Waals surface area contributed by atoms with Gasteiger partial charge in [0.1, 0.15) is 0 Å². The highest BCUT2D eigenvalue weighted by Gasteiger charge is 2.13. The highest BCUT2D eigenvalue weighted by atomic mass is 32.2. The van der Waals surface area contributed by atoms with Crippen LogP contribution in [0.25, 0.3) is 0 Å². The largest absolute Gasteiger partial charge is 0.344 e. The number of hydrogen-bond donors (Lipinski definition) is 1. The molecule has 0 heterocycles. The molecule has 1 aromatic carbocycles. The van der Waals surface area contributed by atoms with Crippen molar-refractivity contribution in [1.82, 2.24) is 6.15 Å². The fourth-order valence-corrected chi connectivity index (χ4v) is 2.28. The van der Waals surface area contributed by atoms with Crippen LogP contribution in [0.15, 0.2) is 35.2 Å². The molecule has 0 radical (unpaired) electrons. The van der Waals surface area contributed by atoms with Crippen LogP contribution in [-0.2, 0) is 14.3 Å². The minimum absolute atomic E-state index is 0. The first-order chi connectivity index (χ1) is 7.52. The summed E-state index contributed by atoms with van der Waals surface area (Å²) in [5.41, 5.74) is 0. The van der Waals surface area contributed by atoms with Crippen LogP contribution in [0, 0.1) is 5.92 Å². The van der Waals surface area contributed by atoms with Gasteiger partial charge in [0.25, 0.3) is 10.1 Å². The summed E-state index contributed by atoms with van der Waals surface area (Å²) in [6, 6.07) is 8.22. The highest BCUT2D eigenvalue weighted by molar-refractivity contribution is 7.86. The van der Waals surface area contributed by atoms with Crippen LogP contribution >= 0.6 is 0 Å². The quantitative estimate of drug-likeness (QED) is 0.629. The maximum Gasteiger partial charge on any atom is 0.296 e. The van der Waals surface area contributed by atoms with E-state index in [4.69, 9.17) is 4.18 Å². The minimum Gasteiger partial charge on any atom is -0.344 e. The summed E-state index contributed by atoms with van der Waals surface area (Å²) in [4.78, 5) is 0.222. The van der Waals surface area contributed by atoms with E-state index in [-0.39, 0.29) is 17.7 Å². The van der Waals surface area contributed by atoms with E-state index in [1.807, 2.05) is 0 Å². The van der Waals surface area contributed by atoms with Crippen molar-refractivity contribution in [1.29, 1.82) is 0 Å². The molecule has 0 saturated heterocycles. The molecule has 0 aromatic heterocycles. The first kappa shape index (κ1) is 16.1. The molecule has 1 rings (SSSR count). The summed E-state index contributed by atoms with van der Waals surface area (Å²) in [5.74, 6) is 0.572. The van der Waals surface area contributed by atoms with Gasteiger partial charge in [-0.05, 0) is 30.9 Å². The van der Waals surface area contributed by atoms with Crippen LogP contribution < -0.4 is 6.15 Å². The minimum atomic E-state index is -3.56. The van der Waals surface area contributed by atoms with Gasteiger partial charge in [-0.3, -0.25) is 4.18 Å². The normalized spacial score (nSPS) is 11.2. The van der Waals surface area contributed by atoms with Crippen molar-refractivity contribution in [3.05, 3.63) is 30.3 Å². The molecule has 0 bridgehead atoms. The second-order valence-electron chi connectivity index (χ2n) is 4.13. The maximum absolute atomic E-state index is 11.7. The molecule has 17 heavy (non-hydrogen) atoms. The molecule has 0 fully saturated rings. The lowest BCUT2D eigenvalue weighted by molar-refractivity contribution is 0.300. The molecule has 0 amide bonds. The third-order valence-corrected chi connectivity index (χ3v) is 3.52. The Balaban J connectivity index is 0.00000256. The molecule has 1 aromatic rings. The van der Waals surface area contributed by atoms with E-state index >= 15 is 0 Å². The Hall–Kier alpha value is -0.910. The van der Waals surface area contributed by atoms with E-state index in [0.717, 1.165) is 12.8 Å². The van der Waals surface area contributed by atoms with Crippen molar-refractivity contribution in [3.8, 4) is 0 Å². The lowest BCUT2D eigenvalue weighted by atomic mass is 10.1. The molecule has 4 nitrogen and oxygen atoms in total. The van der Waals surface area contributed by atoms with E-state index in [2.05, 4.69) is 13.8 Å². The van der Waals surface area contributed by atoms with Crippen LogP contribution in [0.2, 0.25) is 0 Å². The monoisotopic (exact) mass is 259 g/mol. The fourth-order valence-electron chi connectivity index (χ4n) is 1.32. The summed E-state index contributed by atoms with van der Waals surface area (Å²) < 4.78 is 28.2. The molecule has 0 saturated carbocycles. The zero-order chi connectivity index (χ0) is 12.0. The molecule has 0 aliphatic rings. The van der Waals surface area contributed by atoms with E-state index in [9.17, 15) is 8.42 Å². The van der Waals surface area contributed by atoms with Gasteiger partial charge in [0.05, 0.1) is 11.5 Å². The summed E-state index contributed by atoms with van der Waals surface area (Å²) >= 11 is 0. The molecule has 5 heteroatoms. The van der Waals surface area contributed by atoms with Crippen LogP contribution in [0.5, 0.6) is 0 Å². The zero-order valence-corrected chi connectivity index (χ0v) is 11.2. The highest BCUT2D eigenvalue weighted by Crippen LogP contribution is 2.12. The Morgan fingerprint density at radius 2 is 1.76 bits per heavy atom. The van der Waals surface area contributed by atoms with Crippen molar-refractivity contribution >= 4 is 10.1 Å². The molecule has 0 spiro atoms. The third kappa shape index (κ3) is 5.81. The van der Waals surface area contributed by atoms with Gasteiger partial charge in [0.2, 0.25) is 0 Å². The lowest BCUT2D eigenvalue weighted by Crippen LogP contribution is -2.08. The fraction of sp³-hybridized carbons (Fsp3) is 0.500. The molecular weight excluding hydrogens is 238 g/mol. The first-order valence-corrected chi connectivity index (χ1v) is 6.87. The predicted octanol–water partition coefficient (Wildman–Crippen LogP) is 2.99. The standard InChI is InChI=1S/C12H18O3S.H3N/c1-11(2)7-6-10-15-16(13,14)12-8-4-3-5-9-12;/h3-5,8-9,11H,6-7,10H2,1-2H3;1H3. The molecular formula is C12H21NO3S. The predicted molar refractivity (Wildman–Crippen MR) is 68.7 cm³/mol. The first-order valence-electron chi connectivity index (χ1n) is 5.47. The van der Waals surface area contributed by atoms with Crippen molar-refractivity contribution in [2.45, 2.75) is 31.6 Å². The van der Waals surface area contributed by atoms with Gasteiger partial charge in [-0.2, -0.15) is 8.42 Å². The average molecular weight is 259 g/mol. The van der Waals surface area contributed by atoms with Gasteiger partial charge in [-0.1, -0.05) is 32.0 Å². The van der Waals surface area contributed by atoms with Gasteiger partial charge in [0, 0.05) is 0 Å². The lowest BCUT2D eigenvalue weighted by Gasteiger charge is -2.06. The van der Waals surface area contributed by atoms with E-state index in [1.165, 1.54) is 12.1 Å². The van der Waals surface area contributed by atoms with Crippen molar-refractivity contribution in [2.24, 2.45) is 5.92 Å². The van der Waals surface area contributed by atoms with Crippen molar-refractivity contribution in [2.75, 3.05) is 6.61 Å². The summed E-state index contributed by atoms with van der Waals surface area (Å²) in [6.07, 6.45) is 1.74. The topological polar surface area (TPSA) is 78.4 Å². The smallest absolute Gasteiger partial charge is 0.296 e. The summed E-state index contributed by atoms with van der Waals surface area (Å²) in [6.45, 7) is 4.47. The molecule has 0 aliphatic carbocycles. The Kier molecular flexibility index (Phi) is 7.03. The zero-order valence-electron chi connectivity index (χ0n) is 10.4. The Morgan fingerprint density at radius 3 is 2.29 bits per heavy atom. The van der Waals surface area contributed by atoms with Crippen LogP contribution in [0.1, 0.15) is 26.7 Å². The van der Waals surface area contributed by atoms with E-state index in [1.54, 1.807) is 18.2 Å². The number of benzene rings is 1. The Labute approximate surface area is 104 Å². The van der Waals surface area contributed by atoms with Crippen LogP contribution in [0.3, 0.4) is 0 Å². The van der Waals surface area contributed by atoms with Crippen molar-refractivity contribution in [3.63, 3.8) is 0 Å². The Morgan fingerprint density at radius 1 is 1.18 bits per heavy atom. The Bertz CT molecular complexity index is 401. The summed E-state index contributed by atoms with van der Waals surface area (Å²) in [7, 11) is -3.56. The van der Waals surface area contributed by atoms with Gasteiger partial charge < -0.3 is 6.15 Å².